The first-order valence-electron chi connectivity index (χ1n) is 4.37. The van der Waals surface area contributed by atoms with Gasteiger partial charge in [-0.15, -0.1) is 0 Å². The third kappa shape index (κ3) is 4.32. The van der Waals surface area contributed by atoms with E-state index in [1.807, 2.05) is 13.8 Å². The van der Waals surface area contributed by atoms with Gasteiger partial charge in [0.15, 0.2) is 5.11 Å². The Bertz CT molecular complexity index is 370. The van der Waals surface area contributed by atoms with Crippen LogP contribution in [-0.4, -0.2) is 16.1 Å². The highest BCUT2D eigenvalue weighted by molar-refractivity contribution is 9.10. The molecule has 0 aliphatic heterocycles. The summed E-state index contributed by atoms with van der Waals surface area (Å²) in [5, 5.41) is 7.15. The molecular formula is C9H11BrClN3S. The van der Waals surface area contributed by atoms with Crippen molar-refractivity contribution in [1.29, 1.82) is 0 Å². The first-order valence-corrected chi connectivity index (χ1v) is 5.95. The Hall–Kier alpha value is -0.390. The van der Waals surface area contributed by atoms with Crippen LogP contribution >= 0.6 is 39.7 Å². The molecule has 0 unspecified atom stereocenters. The van der Waals surface area contributed by atoms with Gasteiger partial charge in [-0.05, 0) is 48.1 Å². The van der Waals surface area contributed by atoms with E-state index >= 15 is 0 Å². The smallest absolute Gasteiger partial charge is 0.172 e. The molecule has 0 aliphatic rings. The quantitative estimate of drug-likeness (QED) is 0.823. The lowest BCUT2D eigenvalue weighted by Crippen LogP contribution is -2.34. The van der Waals surface area contributed by atoms with Gasteiger partial charge in [-0.2, -0.15) is 0 Å². The van der Waals surface area contributed by atoms with Crippen LogP contribution in [0, 0.1) is 0 Å². The van der Waals surface area contributed by atoms with E-state index in [4.69, 9.17) is 23.8 Å². The Kier molecular flexibility index (Phi) is 4.76. The minimum absolute atomic E-state index is 0.288. The van der Waals surface area contributed by atoms with E-state index in [1.165, 1.54) is 0 Å². The average molecular weight is 309 g/mol. The molecule has 15 heavy (non-hydrogen) atoms. The number of halogens is 2. The lowest BCUT2D eigenvalue weighted by Gasteiger charge is -2.13. The summed E-state index contributed by atoms with van der Waals surface area (Å²) in [7, 11) is 0. The fourth-order valence-electron chi connectivity index (χ4n) is 0.912. The van der Waals surface area contributed by atoms with Crippen molar-refractivity contribution in [3.05, 3.63) is 21.8 Å². The summed E-state index contributed by atoms with van der Waals surface area (Å²) in [4.78, 5) is 4.11. The molecule has 1 heterocycles. The van der Waals surface area contributed by atoms with E-state index in [-0.39, 0.29) is 6.04 Å². The van der Waals surface area contributed by atoms with Crippen molar-refractivity contribution in [1.82, 2.24) is 10.3 Å². The Morgan fingerprint density at radius 1 is 1.60 bits per heavy atom. The van der Waals surface area contributed by atoms with Crippen molar-refractivity contribution in [2.75, 3.05) is 5.32 Å². The fourth-order valence-corrected chi connectivity index (χ4v) is 1.98. The lowest BCUT2D eigenvalue weighted by molar-refractivity contribution is 0.739. The van der Waals surface area contributed by atoms with Crippen LogP contribution in [0.4, 0.5) is 5.82 Å². The number of aromatic nitrogens is 1. The molecule has 0 amide bonds. The van der Waals surface area contributed by atoms with E-state index in [2.05, 4.69) is 31.5 Å². The van der Waals surface area contributed by atoms with Crippen LogP contribution < -0.4 is 10.6 Å². The third-order valence-corrected chi connectivity index (χ3v) is 2.49. The maximum Gasteiger partial charge on any atom is 0.172 e. The van der Waals surface area contributed by atoms with Gasteiger partial charge in [0.1, 0.15) is 5.82 Å². The molecule has 0 radical (unpaired) electrons. The molecule has 0 saturated heterocycles. The topological polar surface area (TPSA) is 37.0 Å². The number of anilines is 1. The fraction of sp³-hybridized carbons (Fsp3) is 0.333. The Balaban J connectivity index is 2.68. The lowest BCUT2D eigenvalue weighted by atomic mass is 10.4. The zero-order valence-corrected chi connectivity index (χ0v) is 11.5. The highest BCUT2D eigenvalue weighted by Crippen LogP contribution is 2.22. The monoisotopic (exact) mass is 307 g/mol. The molecule has 1 rings (SSSR count). The maximum absolute atomic E-state index is 5.77. The van der Waals surface area contributed by atoms with Crippen molar-refractivity contribution in [3.8, 4) is 0 Å². The molecule has 82 valence electrons. The Morgan fingerprint density at radius 2 is 2.27 bits per heavy atom. The number of thiocarbonyl (C=S) groups is 1. The summed E-state index contributed by atoms with van der Waals surface area (Å²) >= 11 is 14.2. The first kappa shape index (κ1) is 12.7. The van der Waals surface area contributed by atoms with Crippen LogP contribution in [0.2, 0.25) is 5.02 Å². The van der Waals surface area contributed by atoms with E-state index in [0.29, 0.717) is 16.0 Å². The van der Waals surface area contributed by atoms with E-state index in [0.717, 1.165) is 4.47 Å². The predicted octanol–water partition coefficient (Wildman–Crippen LogP) is 3.19. The predicted molar refractivity (Wildman–Crippen MR) is 71.4 cm³/mol. The van der Waals surface area contributed by atoms with Crippen LogP contribution in [0.1, 0.15) is 13.8 Å². The molecule has 0 saturated carbocycles. The number of rotatable bonds is 2. The molecule has 0 aliphatic carbocycles. The summed E-state index contributed by atoms with van der Waals surface area (Å²) in [5.74, 6) is 0.651. The van der Waals surface area contributed by atoms with Crippen LogP contribution in [-0.2, 0) is 0 Å². The Labute approximate surface area is 108 Å². The van der Waals surface area contributed by atoms with Crippen LogP contribution in [0.5, 0.6) is 0 Å². The molecule has 6 heteroatoms. The zero-order valence-electron chi connectivity index (χ0n) is 8.34. The maximum atomic E-state index is 5.77. The molecular weight excluding hydrogens is 298 g/mol. The molecule has 1 aromatic heterocycles. The summed E-state index contributed by atoms with van der Waals surface area (Å²) in [6.07, 6.45) is 1.56. The SMILES string of the molecule is CC(C)NC(=S)Nc1ncc(Cl)cc1Br. The van der Waals surface area contributed by atoms with E-state index in [9.17, 15) is 0 Å². The second-order valence-corrected chi connectivity index (χ2v) is 4.94. The Morgan fingerprint density at radius 3 is 2.80 bits per heavy atom. The van der Waals surface area contributed by atoms with Gasteiger partial charge in [0.2, 0.25) is 0 Å². The summed E-state index contributed by atoms with van der Waals surface area (Å²) in [6, 6.07) is 2.05. The molecule has 0 bridgehead atoms. The van der Waals surface area contributed by atoms with Gasteiger partial charge in [-0.25, -0.2) is 4.98 Å². The number of nitrogens with zero attached hydrogens (tertiary/aromatic N) is 1. The van der Waals surface area contributed by atoms with Gasteiger partial charge in [0.25, 0.3) is 0 Å². The van der Waals surface area contributed by atoms with Gasteiger partial charge in [-0.3, -0.25) is 0 Å². The van der Waals surface area contributed by atoms with Crippen molar-refractivity contribution < 1.29 is 0 Å². The molecule has 1 aromatic rings. The summed E-state index contributed by atoms with van der Waals surface area (Å²) in [6.45, 7) is 4.02. The number of hydrogen-bond donors (Lipinski definition) is 2. The first-order chi connectivity index (χ1) is 6.99. The molecule has 0 atom stereocenters. The standard InChI is InChI=1S/C9H11BrClN3S/c1-5(2)13-9(15)14-8-7(10)3-6(11)4-12-8/h3-5H,1-2H3,(H2,12,13,14,15). The minimum Gasteiger partial charge on any atom is -0.360 e. The van der Waals surface area contributed by atoms with Crippen molar-refractivity contribution >= 4 is 50.7 Å². The largest absolute Gasteiger partial charge is 0.360 e. The van der Waals surface area contributed by atoms with Gasteiger partial charge in [-0.1, -0.05) is 11.6 Å². The summed E-state index contributed by atoms with van der Waals surface area (Å²) in [5.41, 5.74) is 0. The highest BCUT2D eigenvalue weighted by atomic mass is 79.9. The van der Waals surface area contributed by atoms with Gasteiger partial charge < -0.3 is 10.6 Å². The third-order valence-electron chi connectivity index (χ3n) is 1.46. The number of nitrogens with one attached hydrogen (secondary N) is 2. The molecule has 0 spiro atoms. The van der Waals surface area contributed by atoms with Gasteiger partial charge in [0, 0.05) is 12.2 Å². The molecule has 0 aromatic carbocycles. The minimum atomic E-state index is 0.288. The second kappa shape index (κ2) is 5.63. The second-order valence-electron chi connectivity index (χ2n) is 3.24. The molecule has 3 nitrogen and oxygen atoms in total. The van der Waals surface area contributed by atoms with Crippen molar-refractivity contribution in [2.45, 2.75) is 19.9 Å². The van der Waals surface area contributed by atoms with Crippen LogP contribution in [0.15, 0.2) is 16.7 Å². The normalized spacial score (nSPS) is 10.2. The van der Waals surface area contributed by atoms with Crippen LogP contribution in [0.3, 0.4) is 0 Å². The zero-order chi connectivity index (χ0) is 11.4. The van der Waals surface area contributed by atoms with Crippen LogP contribution in [0.25, 0.3) is 0 Å². The highest BCUT2D eigenvalue weighted by Gasteiger charge is 2.05. The number of hydrogen-bond acceptors (Lipinski definition) is 2. The van der Waals surface area contributed by atoms with Crippen molar-refractivity contribution in [3.63, 3.8) is 0 Å². The average Bonchev–Trinajstić information content (AvgIpc) is 2.08. The summed E-state index contributed by atoms with van der Waals surface area (Å²) < 4.78 is 0.780. The van der Waals surface area contributed by atoms with Gasteiger partial charge in [0.05, 0.1) is 9.50 Å². The van der Waals surface area contributed by atoms with E-state index in [1.54, 1.807) is 12.3 Å². The van der Waals surface area contributed by atoms with E-state index < -0.39 is 0 Å². The molecule has 2 N–H and O–H groups in total. The molecule has 0 fully saturated rings. The number of pyridine rings is 1. The van der Waals surface area contributed by atoms with Crippen molar-refractivity contribution in [2.24, 2.45) is 0 Å². The van der Waals surface area contributed by atoms with Gasteiger partial charge >= 0.3 is 0 Å².